The van der Waals surface area contributed by atoms with E-state index in [9.17, 15) is 9.59 Å². The molecule has 1 aromatic heterocycles. The minimum atomic E-state index is -0.0377. The molecule has 0 atom stereocenters. The number of rotatable bonds is 7. The molecule has 1 N–H and O–H groups in total. The van der Waals surface area contributed by atoms with Crippen LogP contribution < -0.4 is 10.2 Å². The maximum Gasteiger partial charge on any atom is 0.242 e. The Balaban J connectivity index is 2.05. The first-order valence-electron chi connectivity index (χ1n) is 7.66. The van der Waals surface area contributed by atoms with Crippen LogP contribution in [-0.2, 0) is 16.1 Å². The molecule has 9 heteroatoms. The highest BCUT2D eigenvalue weighted by atomic mass is 35.5. The van der Waals surface area contributed by atoms with Crippen molar-refractivity contribution in [3.63, 3.8) is 0 Å². The number of carbonyl (C=O) groups excluding carboxylic acids is 2. The molecule has 2 amide bonds. The molecule has 0 aliphatic carbocycles. The highest BCUT2D eigenvalue weighted by Crippen LogP contribution is 2.20. The van der Waals surface area contributed by atoms with Crippen molar-refractivity contribution in [3.05, 3.63) is 34.6 Å². The molecule has 2 rings (SSSR count). The van der Waals surface area contributed by atoms with Crippen LogP contribution >= 0.6 is 11.6 Å². The minimum absolute atomic E-state index is 0.0377. The monoisotopic (exact) mass is 365 g/mol. The van der Waals surface area contributed by atoms with E-state index < -0.39 is 0 Å². The normalized spacial score (nSPS) is 16.0. The lowest BCUT2D eigenvalue weighted by atomic mass is 10.2. The third-order valence-electron chi connectivity index (χ3n) is 3.73. The number of piperazine rings is 1. The topological polar surface area (TPSA) is 87.1 Å². The molecule has 25 heavy (non-hydrogen) atoms. The van der Waals surface area contributed by atoms with E-state index in [4.69, 9.17) is 16.3 Å². The van der Waals surface area contributed by atoms with Gasteiger partial charge in [-0.15, -0.1) is 0 Å². The summed E-state index contributed by atoms with van der Waals surface area (Å²) in [5.41, 5.74) is 3.65. The largest absolute Gasteiger partial charge is 0.481 e. The van der Waals surface area contributed by atoms with E-state index in [2.05, 4.69) is 15.5 Å². The maximum atomic E-state index is 12.5. The second kappa shape index (κ2) is 9.03. The van der Waals surface area contributed by atoms with Gasteiger partial charge in [-0.3, -0.25) is 9.59 Å². The number of pyridine rings is 1. The number of allylic oxidation sites excluding steroid dienone is 2. The van der Waals surface area contributed by atoms with E-state index in [0.29, 0.717) is 42.7 Å². The Hall–Kier alpha value is -2.61. The Bertz CT molecular complexity index is 688. The van der Waals surface area contributed by atoms with E-state index in [1.807, 2.05) is 17.0 Å². The predicted molar refractivity (Wildman–Crippen MR) is 94.0 cm³/mol. The lowest BCUT2D eigenvalue weighted by Gasteiger charge is -2.36. The van der Waals surface area contributed by atoms with Gasteiger partial charge in [0.1, 0.15) is 0 Å². The summed E-state index contributed by atoms with van der Waals surface area (Å²) >= 11 is 6.09. The number of hydrogen-bond donors (Lipinski definition) is 1. The number of nitrogens with zero attached hydrogens (tertiary/aromatic N) is 4. The fourth-order valence-electron chi connectivity index (χ4n) is 2.53. The van der Waals surface area contributed by atoms with E-state index in [1.54, 1.807) is 25.1 Å². The molecule has 1 aliphatic rings. The molecule has 0 aromatic carbocycles. The molecule has 0 saturated carbocycles. The molecule has 8 nitrogen and oxygen atoms in total. The van der Waals surface area contributed by atoms with Gasteiger partial charge in [-0.1, -0.05) is 17.7 Å². The quantitative estimate of drug-likeness (QED) is 0.441. The van der Waals surface area contributed by atoms with Crippen LogP contribution in [0.5, 0.6) is 5.88 Å². The van der Waals surface area contributed by atoms with Gasteiger partial charge in [0.15, 0.2) is 0 Å². The van der Waals surface area contributed by atoms with Gasteiger partial charge in [-0.05, 0) is 13.0 Å². The van der Waals surface area contributed by atoms with Gasteiger partial charge in [-0.2, -0.15) is 5.10 Å². The molecule has 134 valence electrons. The van der Waals surface area contributed by atoms with Crippen LogP contribution in [0.15, 0.2) is 34.2 Å². The number of aromatic nitrogens is 1. The molecular weight excluding hydrogens is 346 g/mol. The van der Waals surface area contributed by atoms with E-state index >= 15 is 0 Å². The van der Waals surface area contributed by atoms with Crippen molar-refractivity contribution in [2.24, 2.45) is 5.10 Å². The number of hydrazone groups is 1. The smallest absolute Gasteiger partial charge is 0.242 e. The van der Waals surface area contributed by atoms with Crippen molar-refractivity contribution >= 4 is 30.1 Å². The molecule has 1 fully saturated rings. The number of hydrogen-bond acceptors (Lipinski definition) is 6. The first-order valence-corrected chi connectivity index (χ1v) is 8.03. The van der Waals surface area contributed by atoms with Crippen molar-refractivity contribution in [2.75, 3.05) is 26.7 Å². The van der Waals surface area contributed by atoms with Crippen molar-refractivity contribution in [1.29, 1.82) is 0 Å². The molecule has 0 unspecified atom stereocenters. The van der Waals surface area contributed by atoms with Gasteiger partial charge in [0.25, 0.3) is 0 Å². The number of nitrogens with one attached hydrogen (secondary N) is 1. The summed E-state index contributed by atoms with van der Waals surface area (Å²) in [4.78, 5) is 30.5. The molecule has 1 aliphatic heterocycles. The van der Waals surface area contributed by atoms with Gasteiger partial charge < -0.3 is 14.5 Å². The van der Waals surface area contributed by atoms with Gasteiger partial charge in [0.05, 0.1) is 32.1 Å². The zero-order valence-corrected chi connectivity index (χ0v) is 14.9. The number of amides is 2. The molecule has 1 saturated heterocycles. The third kappa shape index (κ3) is 4.93. The third-order valence-corrected chi connectivity index (χ3v) is 3.92. The lowest BCUT2D eigenvalue weighted by Crippen LogP contribution is -2.49. The van der Waals surface area contributed by atoms with Crippen LogP contribution in [-0.4, -0.2) is 60.1 Å². The summed E-state index contributed by atoms with van der Waals surface area (Å²) in [6.45, 7) is 3.44. The minimum Gasteiger partial charge on any atom is -0.481 e. The van der Waals surface area contributed by atoms with Crippen LogP contribution in [0.4, 0.5) is 0 Å². The second-order valence-electron chi connectivity index (χ2n) is 5.33. The van der Waals surface area contributed by atoms with Gasteiger partial charge >= 0.3 is 0 Å². The number of methoxy groups -OCH3 is 1. The highest BCUT2D eigenvalue weighted by molar-refractivity contribution is 6.30. The van der Waals surface area contributed by atoms with Gasteiger partial charge in [-0.25, -0.2) is 10.4 Å². The highest BCUT2D eigenvalue weighted by Gasteiger charge is 2.26. The predicted octanol–water partition coefficient (Wildman–Crippen LogP) is 0.936. The van der Waals surface area contributed by atoms with Crippen LogP contribution in [0.2, 0.25) is 0 Å². The Labute approximate surface area is 151 Å². The second-order valence-corrected chi connectivity index (χ2v) is 5.90. The van der Waals surface area contributed by atoms with Crippen molar-refractivity contribution in [2.45, 2.75) is 13.5 Å². The number of ether oxygens (including phenoxy) is 1. The Morgan fingerprint density at radius 2 is 2.32 bits per heavy atom. The molecule has 0 radical (unpaired) electrons. The number of halogens is 1. The van der Waals surface area contributed by atoms with Crippen LogP contribution in [0.1, 0.15) is 12.5 Å². The Morgan fingerprint density at radius 1 is 1.52 bits per heavy atom. The van der Waals surface area contributed by atoms with Gasteiger partial charge in [0, 0.05) is 29.9 Å². The summed E-state index contributed by atoms with van der Waals surface area (Å²) in [5.74, 6) is 0.478. The van der Waals surface area contributed by atoms with E-state index in [-0.39, 0.29) is 12.5 Å². The first-order chi connectivity index (χ1) is 12.1. The average molecular weight is 366 g/mol. The summed E-state index contributed by atoms with van der Waals surface area (Å²) in [6.07, 6.45) is 3.54. The summed E-state index contributed by atoms with van der Waals surface area (Å²) in [5, 5.41) is 4.24. The maximum absolute atomic E-state index is 12.5. The van der Waals surface area contributed by atoms with Crippen LogP contribution in [0, 0.1) is 0 Å². The Morgan fingerprint density at radius 3 is 2.96 bits per heavy atom. The van der Waals surface area contributed by atoms with Gasteiger partial charge in [0.2, 0.25) is 18.2 Å². The number of carbonyl (C=O) groups is 2. The van der Waals surface area contributed by atoms with E-state index in [0.717, 1.165) is 5.56 Å². The molecule has 0 spiro atoms. The SMILES string of the molecule is COc1ncccc1CN1CCN(C(/C=N\NC=O)=C(/C)Cl)CC1=O. The lowest BCUT2D eigenvalue weighted by molar-refractivity contribution is -0.135. The molecule has 2 heterocycles. The summed E-state index contributed by atoms with van der Waals surface area (Å²) < 4.78 is 5.23. The van der Waals surface area contributed by atoms with Crippen molar-refractivity contribution < 1.29 is 14.3 Å². The Kier molecular flexibility index (Phi) is 6.76. The van der Waals surface area contributed by atoms with Crippen molar-refractivity contribution in [1.82, 2.24) is 20.2 Å². The van der Waals surface area contributed by atoms with Crippen LogP contribution in [0.25, 0.3) is 0 Å². The fourth-order valence-corrected chi connectivity index (χ4v) is 2.70. The zero-order valence-electron chi connectivity index (χ0n) is 14.1. The van der Waals surface area contributed by atoms with E-state index in [1.165, 1.54) is 6.21 Å². The summed E-state index contributed by atoms with van der Waals surface area (Å²) in [6, 6.07) is 3.70. The molecular formula is C16H20ClN5O3. The molecule has 1 aromatic rings. The van der Waals surface area contributed by atoms with Crippen molar-refractivity contribution in [3.8, 4) is 5.88 Å². The summed E-state index contributed by atoms with van der Waals surface area (Å²) in [7, 11) is 1.55. The first kappa shape index (κ1) is 18.7. The van der Waals surface area contributed by atoms with Crippen LogP contribution in [0.3, 0.4) is 0 Å². The zero-order chi connectivity index (χ0) is 18.2. The fraction of sp³-hybridized carbons (Fsp3) is 0.375. The average Bonchev–Trinajstić information content (AvgIpc) is 2.60. The molecule has 0 bridgehead atoms. The standard InChI is InChI=1S/C16H20ClN5O3/c1-12(17)14(8-19-20-11-23)21-6-7-22(15(24)10-21)9-13-4-3-5-18-16(13)25-2/h3-5,8,11H,6-7,9-10H2,1-2H3,(H,20,23)/b14-12-,19-8-.